The van der Waals surface area contributed by atoms with E-state index in [0.29, 0.717) is 35.7 Å². The van der Waals surface area contributed by atoms with Crippen molar-refractivity contribution < 1.29 is 27.5 Å². The van der Waals surface area contributed by atoms with E-state index in [9.17, 15) is 22.8 Å². The lowest BCUT2D eigenvalue weighted by molar-refractivity contribution is -0.123. The highest BCUT2D eigenvalue weighted by atomic mass is 32.2. The van der Waals surface area contributed by atoms with E-state index < -0.39 is 28.0 Å². The van der Waals surface area contributed by atoms with Crippen molar-refractivity contribution in [3.8, 4) is 0 Å². The van der Waals surface area contributed by atoms with Crippen molar-refractivity contribution in [2.24, 2.45) is 4.40 Å². The summed E-state index contributed by atoms with van der Waals surface area (Å²) in [7, 11) is -3.94. The van der Waals surface area contributed by atoms with Crippen LogP contribution in [0.3, 0.4) is 0 Å². The lowest BCUT2D eigenvalue weighted by Gasteiger charge is -2.29. The SMILES string of the molecule is CC(=O)c1ccc(NC(=O)C(C)OC(=O)c2ccc3c(c2)S(=O)(=O)N=C2CCCCCN23)cc1. The third-order valence-corrected chi connectivity index (χ3v) is 7.13. The number of benzene rings is 2. The Morgan fingerprint density at radius 2 is 1.74 bits per heavy atom. The maximum Gasteiger partial charge on any atom is 0.338 e. The number of esters is 1. The number of carbonyl (C=O) groups is 3. The minimum absolute atomic E-state index is 0.0151. The topological polar surface area (TPSA) is 122 Å². The molecular weight excluding hydrogens is 458 g/mol. The molecule has 2 aromatic rings. The molecule has 2 aliphatic heterocycles. The molecule has 178 valence electrons. The Bertz CT molecular complexity index is 1280. The first-order chi connectivity index (χ1) is 16.2. The largest absolute Gasteiger partial charge is 0.449 e. The standard InChI is InChI=1S/C24H25N3O6S/c1-15(28)17-7-10-19(11-8-17)25-23(29)16(2)33-24(30)18-9-12-20-21(14-18)34(31,32)26-22-6-4-3-5-13-27(20)22/h7-12,14,16H,3-6,13H2,1-2H3,(H,25,29). The van der Waals surface area contributed by atoms with E-state index in [1.54, 1.807) is 30.3 Å². The van der Waals surface area contributed by atoms with Crippen LogP contribution in [0.25, 0.3) is 0 Å². The van der Waals surface area contributed by atoms with E-state index in [1.807, 2.05) is 4.90 Å². The lowest BCUT2D eigenvalue weighted by Crippen LogP contribution is -2.35. The van der Waals surface area contributed by atoms with E-state index in [-0.39, 0.29) is 16.2 Å². The van der Waals surface area contributed by atoms with Crippen molar-refractivity contribution in [1.82, 2.24) is 0 Å². The molecule has 2 aromatic carbocycles. The molecule has 2 heterocycles. The first-order valence-electron chi connectivity index (χ1n) is 11.0. The van der Waals surface area contributed by atoms with Gasteiger partial charge in [0.2, 0.25) is 0 Å². The number of hydrogen-bond acceptors (Lipinski definition) is 7. The number of rotatable bonds is 5. The van der Waals surface area contributed by atoms with Gasteiger partial charge >= 0.3 is 5.97 Å². The van der Waals surface area contributed by atoms with Gasteiger partial charge < -0.3 is 15.0 Å². The van der Waals surface area contributed by atoms with Crippen LogP contribution in [0.15, 0.2) is 51.8 Å². The van der Waals surface area contributed by atoms with Crippen LogP contribution in [0.5, 0.6) is 0 Å². The molecule has 10 heteroatoms. The van der Waals surface area contributed by atoms with Crippen LogP contribution in [-0.4, -0.2) is 44.6 Å². The summed E-state index contributed by atoms with van der Waals surface area (Å²) in [5, 5.41) is 2.62. The number of sulfonamides is 1. The lowest BCUT2D eigenvalue weighted by atomic mass is 10.1. The molecule has 0 aromatic heterocycles. The van der Waals surface area contributed by atoms with Gasteiger partial charge in [0.1, 0.15) is 10.7 Å². The molecule has 0 saturated carbocycles. The Morgan fingerprint density at radius 3 is 2.44 bits per heavy atom. The number of anilines is 2. The van der Waals surface area contributed by atoms with Gasteiger partial charge in [0.05, 0.1) is 11.3 Å². The second kappa shape index (κ2) is 9.38. The Labute approximate surface area is 197 Å². The molecule has 0 radical (unpaired) electrons. The number of carbonyl (C=O) groups excluding carboxylic acids is 3. The molecule has 9 nitrogen and oxygen atoms in total. The molecule has 1 amide bonds. The molecule has 1 saturated heterocycles. The number of fused-ring (bicyclic) bond motifs is 3. The monoisotopic (exact) mass is 483 g/mol. The summed E-state index contributed by atoms with van der Waals surface area (Å²) < 4.78 is 34.8. The number of ketones is 1. The number of amides is 1. The van der Waals surface area contributed by atoms with E-state index in [4.69, 9.17) is 4.74 Å². The number of hydrogen-bond donors (Lipinski definition) is 1. The molecule has 0 spiro atoms. The summed E-state index contributed by atoms with van der Waals surface area (Å²) >= 11 is 0. The van der Waals surface area contributed by atoms with E-state index in [0.717, 1.165) is 19.3 Å². The van der Waals surface area contributed by atoms with Crippen molar-refractivity contribution in [2.45, 2.75) is 50.5 Å². The van der Waals surface area contributed by atoms with E-state index in [2.05, 4.69) is 9.71 Å². The summed E-state index contributed by atoms with van der Waals surface area (Å²) in [6.07, 6.45) is 2.25. The quantitative estimate of drug-likeness (QED) is 0.510. The molecule has 1 atom stereocenters. The highest BCUT2D eigenvalue weighted by molar-refractivity contribution is 7.90. The summed E-state index contributed by atoms with van der Waals surface area (Å²) in [5.74, 6) is -0.946. The van der Waals surface area contributed by atoms with Crippen molar-refractivity contribution in [3.63, 3.8) is 0 Å². The second-order valence-corrected chi connectivity index (χ2v) is 9.87. The van der Waals surface area contributed by atoms with Crippen molar-refractivity contribution in [3.05, 3.63) is 53.6 Å². The van der Waals surface area contributed by atoms with Gasteiger partial charge in [0.25, 0.3) is 15.9 Å². The molecular formula is C24H25N3O6S. The molecule has 1 fully saturated rings. The predicted molar refractivity (Wildman–Crippen MR) is 127 cm³/mol. The van der Waals surface area contributed by atoms with Gasteiger partial charge in [-0.15, -0.1) is 4.40 Å². The first kappa shape index (κ1) is 23.6. The van der Waals surface area contributed by atoms with E-state index in [1.165, 1.54) is 26.0 Å². The van der Waals surface area contributed by atoms with Crippen LogP contribution in [0.2, 0.25) is 0 Å². The highest BCUT2D eigenvalue weighted by Crippen LogP contribution is 2.35. The Balaban J connectivity index is 1.48. The number of nitrogens with zero attached hydrogens (tertiary/aromatic N) is 2. The number of ether oxygens (including phenoxy) is 1. The van der Waals surface area contributed by atoms with Crippen molar-refractivity contribution in [2.75, 3.05) is 16.8 Å². The van der Waals surface area contributed by atoms with Crippen LogP contribution in [0.1, 0.15) is 60.2 Å². The van der Waals surface area contributed by atoms with Crippen LogP contribution in [-0.2, 0) is 19.6 Å². The average molecular weight is 484 g/mol. The summed E-state index contributed by atoms with van der Waals surface area (Å²) in [4.78, 5) is 38.3. The zero-order chi connectivity index (χ0) is 24.5. The van der Waals surface area contributed by atoms with Gasteiger partial charge in [0.15, 0.2) is 11.9 Å². The molecule has 0 bridgehead atoms. The molecule has 2 aliphatic rings. The minimum Gasteiger partial charge on any atom is -0.449 e. The summed E-state index contributed by atoms with van der Waals surface area (Å²) in [5.41, 5.74) is 1.48. The number of nitrogens with one attached hydrogen (secondary N) is 1. The van der Waals surface area contributed by atoms with Gasteiger partial charge in [-0.05, 0) is 69.2 Å². The predicted octanol–water partition coefficient (Wildman–Crippen LogP) is 3.55. The Kier molecular flexibility index (Phi) is 6.52. The molecule has 34 heavy (non-hydrogen) atoms. The number of amidine groups is 1. The molecule has 4 rings (SSSR count). The fourth-order valence-corrected chi connectivity index (χ4v) is 5.21. The average Bonchev–Trinajstić information content (AvgIpc) is 3.04. The maximum atomic E-state index is 12.8. The molecule has 0 aliphatic carbocycles. The van der Waals surface area contributed by atoms with Crippen molar-refractivity contribution >= 4 is 44.9 Å². The van der Waals surface area contributed by atoms with Gasteiger partial charge in [-0.1, -0.05) is 6.42 Å². The van der Waals surface area contributed by atoms with Crippen LogP contribution < -0.4 is 10.2 Å². The zero-order valence-electron chi connectivity index (χ0n) is 18.9. The molecule has 1 N–H and O–H groups in total. The van der Waals surface area contributed by atoms with Gasteiger partial charge in [0, 0.05) is 24.2 Å². The zero-order valence-corrected chi connectivity index (χ0v) is 19.7. The normalized spacial score (nSPS) is 17.4. The van der Waals surface area contributed by atoms with Crippen LogP contribution in [0, 0.1) is 0 Å². The van der Waals surface area contributed by atoms with Gasteiger partial charge in [-0.25, -0.2) is 4.79 Å². The highest BCUT2D eigenvalue weighted by Gasteiger charge is 2.32. The fourth-order valence-electron chi connectivity index (χ4n) is 3.92. The van der Waals surface area contributed by atoms with E-state index >= 15 is 0 Å². The van der Waals surface area contributed by atoms with Gasteiger partial charge in [-0.2, -0.15) is 8.42 Å². The summed E-state index contributed by atoms with van der Waals surface area (Å²) in [6, 6.07) is 10.7. The minimum atomic E-state index is -3.94. The Hall–Kier alpha value is -3.53. The van der Waals surface area contributed by atoms with Gasteiger partial charge in [-0.3, -0.25) is 9.59 Å². The third kappa shape index (κ3) is 4.86. The Morgan fingerprint density at radius 1 is 1.03 bits per heavy atom. The van der Waals surface area contributed by atoms with Crippen molar-refractivity contribution in [1.29, 1.82) is 0 Å². The second-order valence-electron chi connectivity index (χ2n) is 8.30. The van der Waals surface area contributed by atoms with Crippen LogP contribution >= 0.6 is 0 Å². The fraction of sp³-hybridized carbons (Fsp3) is 0.333. The third-order valence-electron chi connectivity index (χ3n) is 5.80. The maximum absolute atomic E-state index is 12.8. The summed E-state index contributed by atoms with van der Waals surface area (Å²) in [6.45, 7) is 3.52. The van der Waals surface area contributed by atoms with Crippen LogP contribution in [0.4, 0.5) is 11.4 Å². The molecule has 1 unspecified atom stereocenters. The number of Topliss-reactive ketones (excluding diaryl/α,β-unsaturated/α-hetero) is 1. The smallest absolute Gasteiger partial charge is 0.338 e. The first-order valence-corrected chi connectivity index (χ1v) is 12.5.